The molecule has 1 aliphatic rings. The highest BCUT2D eigenvalue weighted by molar-refractivity contribution is 5.96. The summed E-state index contributed by atoms with van der Waals surface area (Å²) in [4.78, 5) is 13.0. The third-order valence-electron chi connectivity index (χ3n) is 5.38. The molecule has 6 heteroatoms. The van der Waals surface area contributed by atoms with Crippen LogP contribution in [0.15, 0.2) is 48.5 Å². The van der Waals surface area contributed by atoms with Gasteiger partial charge in [0.2, 0.25) is 5.91 Å². The molecule has 0 bridgehead atoms. The van der Waals surface area contributed by atoms with Gasteiger partial charge in [-0.25, -0.2) is 4.68 Å². The number of nitrogens with one attached hydrogen (secondary N) is 1. The largest absolute Gasteiger partial charge is 0.493 e. The molecule has 6 nitrogen and oxygen atoms in total. The fourth-order valence-corrected chi connectivity index (χ4v) is 3.96. The molecule has 2 aromatic carbocycles. The first-order valence-electron chi connectivity index (χ1n) is 9.73. The Kier molecular flexibility index (Phi) is 5.25. The van der Waals surface area contributed by atoms with Gasteiger partial charge in [0.25, 0.3) is 0 Å². The second kappa shape index (κ2) is 7.99. The van der Waals surface area contributed by atoms with E-state index in [9.17, 15) is 4.79 Å². The van der Waals surface area contributed by atoms with E-state index in [2.05, 4.69) is 22.5 Å². The van der Waals surface area contributed by atoms with Crippen LogP contribution in [0.4, 0.5) is 5.82 Å². The second-order valence-corrected chi connectivity index (χ2v) is 7.30. The summed E-state index contributed by atoms with van der Waals surface area (Å²) in [5.74, 6) is 1.95. The van der Waals surface area contributed by atoms with E-state index in [4.69, 9.17) is 9.47 Å². The van der Waals surface area contributed by atoms with Crippen LogP contribution >= 0.6 is 0 Å². The molecular formula is C23H25N3O3. The summed E-state index contributed by atoms with van der Waals surface area (Å²) in [5.41, 5.74) is 4.26. The fourth-order valence-electron chi connectivity index (χ4n) is 3.96. The molecule has 1 unspecified atom stereocenters. The highest BCUT2D eigenvalue weighted by atomic mass is 16.5. The van der Waals surface area contributed by atoms with Crippen LogP contribution in [0, 0.1) is 6.92 Å². The van der Waals surface area contributed by atoms with Crippen LogP contribution < -0.4 is 14.8 Å². The summed E-state index contributed by atoms with van der Waals surface area (Å²) in [7, 11) is 3.23. The van der Waals surface area contributed by atoms with E-state index < -0.39 is 0 Å². The molecule has 1 aromatic heterocycles. The molecule has 3 aromatic rings. The minimum atomic E-state index is -0.115. The summed E-state index contributed by atoms with van der Waals surface area (Å²) in [6, 6.07) is 15.9. The monoisotopic (exact) mass is 391 g/mol. The highest BCUT2D eigenvalue weighted by Gasteiger charge is 2.28. The van der Waals surface area contributed by atoms with E-state index in [1.807, 2.05) is 48.0 Å². The van der Waals surface area contributed by atoms with Gasteiger partial charge in [-0.15, -0.1) is 0 Å². The molecule has 1 amide bonds. The second-order valence-electron chi connectivity index (χ2n) is 7.30. The van der Waals surface area contributed by atoms with Gasteiger partial charge in [-0.05, 0) is 48.6 Å². The van der Waals surface area contributed by atoms with Crippen molar-refractivity contribution >= 4 is 11.7 Å². The van der Waals surface area contributed by atoms with Crippen LogP contribution in [0.25, 0.3) is 0 Å². The number of ether oxygens (including phenoxy) is 2. The topological polar surface area (TPSA) is 65.4 Å². The summed E-state index contributed by atoms with van der Waals surface area (Å²) in [6.07, 6.45) is 1.78. The average molecular weight is 391 g/mol. The first-order valence-corrected chi connectivity index (χ1v) is 9.73. The third-order valence-corrected chi connectivity index (χ3v) is 5.38. The lowest BCUT2D eigenvalue weighted by atomic mass is 10.0. The van der Waals surface area contributed by atoms with Gasteiger partial charge in [0.1, 0.15) is 5.82 Å². The van der Waals surface area contributed by atoms with E-state index >= 15 is 0 Å². The van der Waals surface area contributed by atoms with Crippen molar-refractivity contribution in [1.82, 2.24) is 9.78 Å². The molecule has 0 radical (unpaired) electrons. The number of carbonyl (C=O) groups excluding carboxylic acids is 1. The molecule has 4 rings (SSSR count). The minimum Gasteiger partial charge on any atom is -0.493 e. The molecule has 0 spiro atoms. The number of methoxy groups -OCH3 is 2. The van der Waals surface area contributed by atoms with Crippen molar-refractivity contribution in [2.24, 2.45) is 0 Å². The Morgan fingerprint density at radius 1 is 1.14 bits per heavy atom. The zero-order valence-electron chi connectivity index (χ0n) is 16.9. The van der Waals surface area contributed by atoms with Crippen LogP contribution in [0.5, 0.6) is 11.5 Å². The van der Waals surface area contributed by atoms with Crippen LogP contribution in [0.2, 0.25) is 0 Å². The number of anilines is 1. The molecular weight excluding hydrogens is 366 g/mol. The molecule has 1 atom stereocenters. The molecule has 0 saturated carbocycles. The summed E-state index contributed by atoms with van der Waals surface area (Å²) < 4.78 is 12.5. The van der Waals surface area contributed by atoms with Crippen molar-refractivity contribution < 1.29 is 14.3 Å². The molecule has 0 saturated heterocycles. The Bertz CT molecular complexity index is 1040. The van der Waals surface area contributed by atoms with Gasteiger partial charge in [0.05, 0.1) is 32.4 Å². The van der Waals surface area contributed by atoms with Crippen molar-refractivity contribution in [3.63, 3.8) is 0 Å². The standard InChI is InChI=1S/C23H25N3O3/c1-15-12-22(24-23(27)19-10-9-17-6-4-5-7-18(17)19)26(25-15)14-16-8-11-20(28-2)21(13-16)29-3/h4-8,11-13,19H,9-10,14H2,1-3H3,(H,24,27). The first kappa shape index (κ1) is 19.1. The Morgan fingerprint density at radius 3 is 2.72 bits per heavy atom. The maximum absolute atomic E-state index is 13.0. The molecule has 29 heavy (non-hydrogen) atoms. The van der Waals surface area contributed by atoms with E-state index in [1.54, 1.807) is 14.2 Å². The number of carbonyl (C=O) groups is 1. The number of rotatable bonds is 6. The predicted molar refractivity (Wildman–Crippen MR) is 112 cm³/mol. The fraction of sp³-hybridized carbons (Fsp3) is 0.304. The normalized spacial score (nSPS) is 15.1. The first-order chi connectivity index (χ1) is 14.1. The van der Waals surface area contributed by atoms with E-state index in [-0.39, 0.29) is 11.8 Å². The van der Waals surface area contributed by atoms with E-state index in [1.165, 1.54) is 5.56 Å². The zero-order chi connectivity index (χ0) is 20.4. The van der Waals surface area contributed by atoms with Crippen LogP contribution in [0.1, 0.15) is 34.7 Å². The van der Waals surface area contributed by atoms with Crippen LogP contribution in [-0.4, -0.2) is 29.9 Å². The number of fused-ring (bicyclic) bond motifs is 1. The zero-order valence-corrected chi connectivity index (χ0v) is 16.9. The molecule has 1 N–H and O–H groups in total. The number of hydrogen-bond donors (Lipinski definition) is 1. The number of benzene rings is 2. The van der Waals surface area contributed by atoms with Gasteiger partial charge in [-0.3, -0.25) is 4.79 Å². The van der Waals surface area contributed by atoms with Crippen molar-refractivity contribution in [2.45, 2.75) is 32.2 Å². The van der Waals surface area contributed by atoms with Crippen molar-refractivity contribution in [2.75, 3.05) is 19.5 Å². The minimum absolute atomic E-state index is 0.0170. The Labute approximate surface area is 170 Å². The van der Waals surface area contributed by atoms with Crippen molar-refractivity contribution in [1.29, 1.82) is 0 Å². The number of nitrogens with zero attached hydrogens (tertiary/aromatic N) is 2. The van der Waals surface area contributed by atoms with E-state index in [0.717, 1.165) is 29.7 Å². The maximum atomic E-state index is 13.0. The number of aromatic nitrogens is 2. The van der Waals surface area contributed by atoms with Gasteiger partial charge in [0, 0.05) is 6.07 Å². The lowest BCUT2D eigenvalue weighted by Gasteiger charge is -2.14. The van der Waals surface area contributed by atoms with Gasteiger partial charge < -0.3 is 14.8 Å². The molecule has 0 aliphatic heterocycles. The Balaban J connectivity index is 1.54. The molecule has 1 heterocycles. The smallest absolute Gasteiger partial charge is 0.233 e. The lowest BCUT2D eigenvalue weighted by molar-refractivity contribution is -0.117. The van der Waals surface area contributed by atoms with Gasteiger partial charge in [-0.2, -0.15) is 5.10 Å². The van der Waals surface area contributed by atoms with Crippen molar-refractivity contribution in [3.05, 3.63) is 70.9 Å². The van der Waals surface area contributed by atoms with Gasteiger partial charge in [0.15, 0.2) is 11.5 Å². The molecule has 1 aliphatic carbocycles. The number of hydrogen-bond acceptors (Lipinski definition) is 4. The summed E-state index contributed by atoms with van der Waals surface area (Å²) >= 11 is 0. The van der Waals surface area contributed by atoms with Crippen LogP contribution in [-0.2, 0) is 17.8 Å². The molecule has 0 fully saturated rings. The average Bonchev–Trinajstić information content (AvgIpc) is 3.31. The Hall–Kier alpha value is -3.28. The van der Waals surface area contributed by atoms with Crippen molar-refractivity contribution in [3.8, 4) is 11.5 Å². The Morgan fingerprint density at radius 2 is 1.93 bits per heavy atom. The van der Waals surface area contributed by atoms with Gasteiger partial charge >= 0.3 is 0 Å². The van der Waals surface area contributed by atoms with Crippen LogP contribution in [0.3, 0.4) is 0 Å². The summed E-state index contributed by atoms with van der Waals surface area (Å²) in [5, 5.41) is 7.65. The van der Waals surface area contributed by atoms with Gasteiger partial charge in [-0.1, -0.05) is 30.3 Å². The third kappa shape index (κ3) is 3.83. The lowest BCUT2D eigenvalue weighted by Crippen LogP contribution is -2.21. The maximum Gasteiger partial charge on any atom is 0.233 e. The predicted octanol–water partition coefficient (Wildman–Crippen LogP) is 3.93. The quantitative estimate of drug-likeness (QED) is 0.692. The molecule has 150 valence electrons. The number of aryl methyl sites for hydroxylation is 2. The summed E-state index contributed by atoms with van der Waals surface area (Å²) in [6.45, 7) is 2.44. The SMILES string of the molecule is COc1ccc(Cn2nc(C)cc2NC(=O)C2CCc3ccccc32)cc1OC. The number of amides is 1. The highest BCUT2D eigenvalue weighted by Crippen LogP contribution is 2.34. The van der Waals surface area contributed by atoms with E-state index in [0.29, 0.717) is 23.9 Å².